The lowest BCUT2D eigenvalue weighted by Crippen LogP contribution is -2.23. The summed E-state index contributed by atoms with van der Waals surface area (Å²) in [7, 11) is 0. The molecule has 0 aliphatic heterocycles. The summed E-state index contributed by atoms with van der Waals surface area (Å²) in [6.07, 6.45) is 10.5. The summed E-state index contributed by atoms with van der Waals surface area (Å²) in [6, 6.07) is 0. The van der Waals surface area contributed by atoms with Crippen LogP contribution >= 0.6 is 0 Å². The maximum absolute atomic E-state index is 10.9. The number of aldehydes is 1. The third kappa shape index (κ3) is 2.97. The number of carbonyl (C=O) groups excluding carboxylic acids is 1. The van der Waals surface area contributed by atoms with E-state index in [2.05, 4.69) is 13.5 Å². The lowest BCUT2D eigenvalue weighted by Gasteiger charge is -2.31. The first kappa shape index (κ1) is 11.5. The molecule has 0 aromatic rings. The normalized spacial score (nSPS) is 29.5. The Labute approximate surface area is 87.6 Å². The second-order valence-electron chi connectivity index (χ2n) is 4.53. The van der Waals surface area contributed by atoms with Gasteiger partial charge in [0, 0.05) is 5.92 Å². The average Bonchev–Trinajstić information content (AvgIpc) is 2.21. The van der Waals surface area contributed by atoms with Gasteiger partial charge in [0.05, 0.1) is 0 Å². The predicted molar refractivity (Wildman–Crippen MR) is 60.1 cm³/mol. The maximum Gasteiger partial charge on any atom is 0.123 e. The zero-order valence-corrected chi connectivity index (χ0v) is 9.24. The number of rotatable bonds is 5. The Kier molecular flexibility index (Phi) is 4.92. The van der Waals surface area contributed by atoms with Crippen molar-refractivity contribution < 1.29 is 4.79 Å². The van der Waals surface area contributed by atoms with E-state index in [0.29, 0.717) is 11.8 Å². The Morgan fingerprint density at radius 3 is 2.86 bits per heavy atom. The molecule has 1 aliphatic rings. The third-order valence-electron chi connectivity index (χ3n) is 3.58. The van der Waals surface area contributed by atoms with Crippen LogP contribution in [0.5, 0.6) is 0 Å². The highest BCUT2D eigenvalue weighted by atomic mass is 16.1. The Balaban J connectivity index is 2.45. The van der Waals surface area contributed by atoms with Crippen molar-refractivity contribution in [2.24, 2.45) is 17.8 Å². The summed E-state index contributed by atoms with van der Waals surface area (Å²) >= 11 is 0. The minimum atomic E-state index is 0.308. The van der Waals surface area contributed by atoms with Crippen molar-refractivity contribution >= 4 is 6.29 Å². The first-order chi connectivity index (χ1) is 6.81. The van der Waals surface area contributed by atoms with E-state index < -0.39 is 0 Å². The molecule has 0 aromatic carbocycles. The van der Waals surface area contributed by atoms with Crippen molar-refractivity contribution in [3.63, 3.8) is 0 Å². The Hall–Kier alpha value is -0.590. The van der Waals surface area contributed by atoms with Gasteiger partial charge in [0.25, 0.3) is 0 Å². The standard InChI is InChI=1S/C13H22O/c1-3-6-11-7-5-8-13(9-11)12(4-2)10-14/h3,10-13H,1,4-9H2,2H3. The molecule has 3 unspecified atom stereocenters. The van der Waals surface area contributed by atoms with Gasteiger partial charge in [-0.2, -0.15) is 0 Å². The molecule has 1 nitrogen and oxygen atoms in total. The highest BCUT2D eigenvalue weighted by molar-refractivity contribution is 5.53. The monoisotopic (exact) mass is 194 g/mol. The van der Waals surface area contributed by atoms with Crippen LogP contribution in [-0.2, 0) is 4.79 Å². The van der Waals surface area contributed by atoms with Crippen LogP contribution in [0.2, 0.25) is 0 Å². The van der Waals surface area contributed by atoms with Crippen molar-refractivity contribution in [2.45, 2.75) is 45.4 Å². The van der Waals surface area contributed by atoms with Crippen LogP contribution < -0.4 is 0 Å². The van der Waals surface area contributed by atoms with E-state index in [1.54, 1.807) is 0 Å². The highest BCUT2D eigenvalue weighted by Crippen LogP contribution is 2.35. The molecule has 1 saturated carbocycles. The largest absolute Gasteiger partial charge is 0.303 e. The second kappa shape index (κ2) is 6.00. The van der Waals surface area contributed by atoms with Gasteiger partial charge in [-0.3, -0.25) is 0 Å². The molecule has 1 aliphatic carbocycles. The van der Waals surface area contributed by atoms with Gasteiger partial charge in [0.15, 0.2) is 0 Å². The second-order valence-corrected chi connectivity index (χ2v) is 4.53. The quantitative estimate of drug-likeness (QED) is 0.483. The molecule has 1 rings (SSSR count). The van der Waals surface area contributed by atoms with Crippen LogP contribution in [0.3, 0.4) is 0 Å². The zero-order chi connectivity index (χ0) is 10.4. The fourth-order valence-corrected chi connectivity index (χ4v) is 2.71. The van der Waals surface area contributed by atoms with Gasteiger partial charge in [-0.25, -0.2) is 0 Å². The van der Waals surface area contributed by atoms with Gasteiger partial charge in [-0.1, -0.05) is 25.8 Å². The molecular weight excluding hydrogens is 172 g/mol. The molecule has 3 atom stereocenters. The number of allylic oxidation sites excluding steroid dienone is 1. The molecule has 1 fully saturated rings. The highest BCUT2D eigenvalue weighted by Gasteiger charge is 2.26. The number of carbonyl (C=O) groups is 1. The van der Waals surface area contributed by atoms with Crippen LogP contribution in [0.1, 0.15) is 45.4 Å². The van der Waals surface area contributed by atoms with E-state index in [-0.39, 0.29) is 0 Å². The summed E-state index contributed by atoms with van der Waals surface area (Å²) in [6.45, 7) is 5.92. The Bertz CT molecular complexity index is 186. The van der Waals surface area contributed by atoms with E-state index >= 15 is 0 Å². The lowest BCUT2D eigenvalue weighted by atomic mass is 9.74. The van der Waals surface area contributed by atoms with Gasteiger partial charge >= 0.3 is 0 Å². The smallest absolute Gasteiger partial charge is 0.123 e. The summed E-state index contributed by atoms with van der Waals surface area (Å²) in [4.78, 5) is 10.9. The molecule has 0 spiro atoms. The topological polar surface area (TPSA) is 17.1 Å². The van der Waals surface area contributed by atoms with Crippen molar-refractivity contribution in [3.8, 4) is 0 Å². The summed E-state index contributed by atoms with van der Waals surface area (Å²) in [5, 5.41) is 0. The molecule has 14 heavy (non-hydrogen) atoms. The van der Waals surface area contributed by atoms with Gasteiger partial charge < -0.3 is 4.79 Å². The fourth-order valence-electron chi connectivity index (χ4n) is 2.71. The molecule has 0 bridgehead atoms. The molecule has 0 radical (unpaired) electrons. The molecule has 0 N–H and O–H groups in total. The first-order valence-corrected chi connectivity index (χ1v) is 5.88. The number of hydrogen-bond donors (Lipinski definition) is 0. The minimum absolute atomic E-state index is 0.308. The van der Waals surface area contributed by atoms with Crippen LogP contribution in [0.25, 0.3) is 0 Å². The van der Waals surface area contributed by atoms with Gasteiger partial charge in [-0.15, -0.1) is 6.58 Å². The molecule has 1 heteroatoms. The van der Waals surface area contributed by atoms with Crippen LogP contribution in [0, 0.1) is 17.8 Å². The molecule has 0 saturated heterocycles. The van der Waals surface area contributed by atoms with E-state index in [1.807, 2.05) is 6.08 Å². The number of hydrogen-bond acceptors (Lipinski definition) is 1. The van der Waals surface area contributed by atoms with Crippen LogP contribution in [0.15, 0.2) is 12.7 Å². The van der Waals surface area contributed by atoms with Crippen LogP contribution in [-0.4, -0.2) is 6.29 Å². The Morgan fingerprint density at radius 1 is 1.50 bits per heavy atom. The summed E-state index contributed by atoms with van der Waals surface area (Å²) in [5.41, 5.74) is 0. The van der Waals surface area contributed by atoms with E-state index in [4.69, 9.17) is 0 Å². The van der Waals surface area contributed by atoms with Gasteiger partial charge in [-0.05, 0) is 37.5 Å². The molecule has 80 valence electrons. The van der Waals surface area contributed by atoms with E-state index in [9.17, 15) is 4.79 Å². The molecule has 0 heterocycles. The maximum atomic E-state index is 10.9. The molecular formula is C13H22O. The van der Waals surface area contributed by atoms with Crippen LogP contribution in [0.4, 0.5) is 0 Å². The summed E-state index contributed by atoms with van der Waals surface area (Å²) in [5.74, 6) is 1.75. The Morgan fingerprint density at radius 2 is 2.29 bits per heavy atom. The van der Waals surface area contributed by atoms with Gasteiger partial charge in [0.2, 0.25) is 0 Å². The average molecular weight is 194 g/mol. The molecule has 0 aromatic heterocycles. The zero-order valence-electron chi connectivity index (χ0n) is 9.24. The SMILES string of the molecule is C=CCC1CCCC(C(C=O)CC)C1. The fraction of sp³-hybridized carbons (Fsp3) is 0.769. The van der Waals surface area contributed by atoms with E-state index in [0.717, 1.165) is 18.8 Å². The lowest BCUT2D eigenvalue weighted by molar-refractivity contribution is -0.113. The van der Waals surface area contributed by atoms with Gasteiger partial charge in [0.1, 0.15) is 6.29 Å². The minimum Gasteiger partial charge on any atom is -0.303 e. The van der Waals surface area contributed by atoms with Crippen molar-refractivity contribution in [1.82, 2.24) is 0 Å². The van der Waals surface area contributed by atoms with Crippen molar-refractivity contribution in [2.75, 3.05) is 0 Å². The predicted octanol–water partition coefficient (Wildman–Crippen LogP) is 3.59. The van der Waals surface area contributed by atoms with Crippen molar-refractivity contribution in [3.05, 3.63) is 12.7 Å². The third-order valence-corrected chi connectivity index (χ3v) is 3.58. The summed E-state index contributed by atoms with van der Waals surface area (Å²) < 4.78 is 0. The van der Waals surface area contributed by atoms with E-state index in [1.165, 1.54) is 32.0 Å². The molecule has 0 amide bonds. The van der Waals surface area contributed by atoms with Crippen molar-refractivity contribution in [1.29, 1.82) is 0 Å². The first-order valence-electron chi connectivity index (χ1n) is 5.88.